The van der Waals surface area contributed by atoms with Gasteiger partial charge in [0.25, 0.3) is 0 Å². The number of rotatable bonds is 10. The topological polar surface area (TPSA) is 175 Å². The molecule has 1 N–H and O–H groups in total. The molecule has 262 valence electrons. The average molecular weight is 726 g/mol. The Morgan fingerprint density at radius 1 is 1.04 bits per heavy atom. The second-order valence-corrected chi connectivity index (χ2v) is 13.4. The minimum absolute atomic E-state index is 0.0228. The molecule has 1 aromatic carbocycles. The molecule has 0 unspecified atom stereocenters. The summed E-state index contributed by atoms with van der Waals surface area (Å²) in [5.74, 6) is -5.79. The van der Waals surface area contributed by atoms with Crippen LogP contribution in [0, 0.1) is 17.5 Å². The van der Waals surface area contributed by atoms with Gasteiger partial charge in [0.1, 0.15) is 52.7 Å². The number of carbonyl (C=O) groups excluding carboxylic acids is 2. The Labute approximate surface area is 284 Å². The predicted octanol–water partition coefficient (Wildman–Crippen LogP) is 2.59. The summed E-state index contributed by atoms with van der Waals surface area (Å²) in [5.41, 5.74) is -0.502. The van der Waals surface area contributed by atoms with Gasteiger partial charge in [-0.3, -0.25) is 9.59 Å². The van der Waals surface area contributed by atoms with Gasteiger partial charge in [0.2, 0.25) is 0 Å². The lowest BCUT2D eigenvalue weighted by Crippen LogP contribution is -2.58. The van der Waals surface area contributed by atoms with E-state index >= 15 is 0 Å². The van der Waals surface area contributed by atoms with E-state index in [9.17, 15) is 27.9 Å². The summed E-state index contributed by atoms with van der Waals surface area (Å²) in [6.45, 7) is 2.32. The number of aromatic nitrogens is 7. The predicted molar refractivity (Wildman–Crippen MR) is 164 cm³/mol. The fraction of sp³-hybridized carbons (Fsp3) is 0.483. The molecule has 2 aliphatic rings. The molecule has 0 bridgehead atoms. The molecule has 0 amide bonds. The third-order valence-corrected chi connectivity index (χ3v) is 10.1. The highest BCUT2D eigenvalue weighted by Gasteiger charge is 2.52. The monoisotopic (exact) mass is 725 g/mol. The molecule has 2 saturated heterocycles. The summed E-state index contributed by atoms with van der Waals surface area (Å²) in [5, 5.41) is 29.9. The van der Waals surface area contributed by atoms with E-state index in [2.05, 4.69) is 25.6 Å². The third-order valence-electron chi connectivity index (χ3n) is 7.89. The minimum Gasteiger partial charge on any atom is -0.463 e. The van der Waals surface area contributed by atoms with Gasteiger partial charge in [-0.2, -0.15) is 0 Å². The van der Waals surface area contributed by atoms with Crippen LogP contribution in [0.1, 0.15) is 25.9 Å². The van der Waals surface area contributed by atoms with Gasteiger partial charge in [-0.1, -0.05) is 10.4 Å². The fourth-order valence-corrected chi connectivity index (χ4v) is 7.73. The zero-order valence-corrected chi connectivity index (χ0v) is 27.7. The van der Waals surface area contributed by atoms with E-state index in [-0.39, 0.29) is 31.1 Å². The standard InChI is InChI=1S/C29H30F3N7O8S2/c1-13(40)45-11-21-26(46-14(2)41)24(39-8-18(34-37-39)15-6-16(30)23(32)17(31)7-15)27(43-3)29(47-21)49-22-12-44-10-20(25(22)42)38-9-19(35-36-38)28-33-4-5-48-28/h4-9,20-22,24-27,29,42H,10-12H2,1-3H3/t20-,21+,22+,24-,25+,26-,27+,29-/m0/s1. The molecule has 8 atom stereocenters. The first-order valence-electron chi connectivity index (χ1n) is 14.8. The number of aliphatic hydroxyl groups excluding tert-OH is 1. The molecular weight excluding hydrogens is 695 g/mol. The van der Waals surface area contributed by atoms with Crippen molar-refractivity contribution in [1.82, 2.24) is 35.0 Å². The first kappa shape index (κ1) is 34.9. The molecule has 0 aliphatic carbocycles. The lowest BCUT2D eigenvalue weighted by Gasteiger charge is -2.46. The molecular formula is C29H30F3N7O8S2. The number of thioether (sulfide) groups is 1. The summed E-state index contributed by atoms with van der Waals surface area (Å²) in [4.78, 5) is 28.4. The van der Waals surface area contributed by atoms with Crippen LogP contribution in [0.5, 0.6) is 0 Å². The van der Waals surface area contributed by atoms with Gasteiger partial charge < -0.3 is 28.8 Å². The lowest BCUT2D eigenvalue weighted by atomic mass is 9.96. The van der Waals surface area contributed by atoms with Gasteiger partial charge in [0, 0.05) is 38.1 Å². The number of esters is 2. The highest BCUT2D eigenvalue weighted by Crippen LogP contribution is 2.42. The molecule has 20 heteroatoms. The number of nitrogens with zero attached hydrogens (tertiary/aromatic N) is 7. The van der Waals surface area contributed by atoms with E-state index in [1.54, 1.807) is 12.4 Å². The van der Waals surface area contributed by atoms with Crippen molar-refractivity contribution in [2.75, 3.05) is 26.9 Å². The first-order valence-corrected chi connectivity index (χ1v) is 16.6. The Morgan fingerprint density at radius 3 is 2.43 bits per heavy atom. The summed E-state index contributed by atoms with van der Waals surface area (Å²) >= 11 is 2.57. The van der Waals surface area contributed by atoms with Gasteiger partial charge in [-0.05, 0) is 12.1 Å². The summed E-state index contributed by atoms with van der Waals surface area (Å²) < 4.78 is 73.7. The number of benzene rings is 1. The van der Waals surface area contributed by atoms with Crippen molar-refractivity contribution >= 4 is 35.0 Å². The number of ether oxygens (including phenoxy) is 5. The van der Waals surface area contributed by atoms with Gasteiger partial charge in [-0.15, -0.1) is 33.3 Å². The van der Waals surface area contributed by atoms with Crippen LogP contribution >= 0.6 is 23.1 Å². The molecule has 4 aromatic rings. The van der Waals surface area contributed by atoms with Crippen LogP contribution in [0.4, 0.5) is 13.2 Å². The number of carbonyl (C=O) groups is 2. The van der Waals surface area contributed by atoms with Crippen LogP contribution in [0.3, 0.4) is 0 Å². The first-order chi connectivity index (χ1) is 23.5. The number of hydrogen-bond donors (Lipinski definition) is 1. The van der Waals surface area contributed by atoms with Crippen molar-refractivity contribution in [3.63, 3.8) is 0 Å². The van der Waals surface area contributed by atoms with Crippen LogP contribution in [0.15, 0.2) is 36.1 Å². The van der Waals surface area contributed by atoms with Crippen LogP contribution in [-0.2, 0) is 33.3 Å². The molecule has 49 heavy (non-hydrogen) atoms. The third kappa shape index (κ3) is 7.48. The van der Waals surface area contributed by atoms with E-state index in [1.165, 1.54) is 59.6 Å². The molecule has 3 aromatic heterocycles. The minimum atomic E-state index is -1.64. The van der Waals surface area contributed by atoms with Gasteiger partial charge >= 0.3 is 11.9 Å². The number of thiazole rings is 1. The second kappa shape index (κ2) is 14.9. The number of methoxy groups -OCH3 is 1. The lowest BCUT2D eigenvalue weighted by molar-refractivity contribution is -0.208. The molecule has 2 aliphatic heterocycles. The van der Waals surface area contributed by atoms with Crippen LogP contribution < -0.4 is 0 Å². The van der Waals surface area contributed by atoms with Crippen molar-refractivity contribution < 1.29 is 51.6 Å². The van der Waals surface area contributed by atoms with Crippen LogP contribution in [0.2, 0.25) is 0 Å². The molecule has 5 heterocycles. The molecule has 0 spiro atoms. The fourth-order valence-electron chi connectivity index (χ4n) is 5.65. The van der Waals surface area contributed by atoms with E-state index in [4.69, 9.17) is 23.7 Å². The molecule has 0 radical (unpaired) electrons. The maximum Gasteiger partial charge on any atom is 0.303 e. The molecule has 15 nitrogen and oxygen atoms in total. The van der Waals surface area contributed by atoms with Gasteiger partial charge in [0.05, 0.1) is 37.0 Å². The molecule has 2 fully saturated rings. The maximum atomic E-state index is 14.1. The Balaban J connectivity index is 1.31. The Bertz CT molecular complexity index is 1760. The van der Waals surface area contributed by atoms with Crippen molar-refractivity contribution in [3.8, 4) is 22.0 Å². The van der Waals surface area contributed by atoms with E-state index in [1.807, 2.05) is 5.38 Å². The highest BCUT2D eigenvalue weighted by atomic mass is 32.2. The van der Waals surface area contributed by atoms with Crippen LogP contribution in [0.25, 0.3) is 22.0 Å². The second-order valence-electron chi connectivity index (χ2n) is 11.1. The molecule has 6 rings (SSSR count). The Kier molecular flexibility index (Phi) is 10.6. The van der Waals surface area contributed by atoms with Crippen molar-refractivity contribution in [3.05, 3.63) is 53.6 Å². The van der Waals surface area contributed by atoms with Crippen molar-refractivity contribution in [2.45, 2.75) is 61.0 Å². The maximum absolute atomic E-state index is 14.1. The van der Waals surface area contributed by atoms with E-state index < -0.39 is 76.6 Å². The van der Waals surface area contributed by atoms with Gasteiger partial charge in [0.15, 0.2) is 23.6 Å². The summed E-state index contributed by atoms with van der Waals surface area (Å²) in [7, 11) is 1.39. The average Bonchev–Trinajstić information content (AvgIpc) is 3.86. The van der Waals surface area contributed by atoms with E-state index in [0.717, 1.165) is 12.1 Å². The zero-order valence-electron chi connectivity index (χ0n) is 26.1. The number of aliphatic hydroxyl groups is 1. The Morgan fingerprint density at radius 2 is 1.76 bits per heavy atom. The quantitative estimate of drug-likeness (QED) is 0.187. The zero-order chi connectivity index (χ0) is 34.8. The molecule has 0 saturated carbocycles. The smallest absolute Gasteiger partial charge is 0.303 e. The van der Waals surface area contributed by atoms with Crippen molar-refractivity contribution in [1.29, 1.82) is 0 Å². The number of hydrogen-bond acceptors (Lipinski definition) is 15. The SMILES string of the molecule is CO[C@@H]1[C@@H](n2cc(-c3cc(F)c(F)c(F)c3)nn2)[C@@H](OC(C)=O)[C@@H](COC(C)=O)O[C@H]1S[C@@H]1COC[C@H](n2cc(-c3nccs3)nn2)[C@H]1O. The van der Waals surface area contributed by atoms with E-state index in [0.29, 0.717) is 10.7 Å². The summed E-state index contributed by atoms with van der Waals surface area (Å²) in [6, 6.07) is -0.0863. The normalized spacial score (nSPS) is 27.2. The van der Waals surface area contributed by atoms with Crippen LogP contribution in [-0.4, -0.2) is 114 Å². The largest absolute Gasteiger partial charge is 0.463 e. The summed E-state index contributed by atoms with van der Waals surface area (Å²) in [6.07, 6.45) is 0.441. The highest BCUT2D eigenvalue weighted by molar-refractivity contribution is 8.00. The van der Waals surface area contributed by atoms with Crippen molar-refractivity contribution in [2.24, 2.45) is 0 Å². The van der Waals surface area contributed by atoms with Gasteiger partial charge in [-0.25, -0.2) is 27.5 Å². The number of halogens is 3. The Hall–Kier alpha value is -3.95.